The monoisotopic (exact) mass is 206 g/mol. The molecular weight excluding hydrogens is 196 g/mol. The summed E-state index contributed by atoms with van der Waals surface area (Å²) in [6.07, 6.45) is 1.71. The maximum absolute atomic E-state index is 10.8. The molecule has 0 radical (unpaired) electrons. The normalized spacial score (nSPS) is 10.8. The molecule has 0 saturated carbocycles. The second kappa shape index (κ2) is 3.36. The lowest BCUT2D eigenvalue weighted by atomic mass is 10.1. The minimum Gasteiger partial charge on any atom is -0.392 e. The largest absolute Gasteiger partial charge is 0.392 e. The molecule has 2 aromatic rings. The molecule has 1 N–H and O–H groups in total. The average molecular weight is 206 g/mol. The van der Waals surface area contributed by atoms with E-state index in [0.29, 0.717) is 10.9 Å². The third kappa shape index (κ3) is 1.37. The van der Waals surface area contributed by atoms with E-state index >= 15 is 0 Å². The van der Waals surface area contributed by atoms with Crippen molar-refractivity contribution in [2.75, 3.05) is 0 Å². The van der Waals surface area contributed by atoms with Crippen LogP contribution in [-0.2, 0) is 13.7 Å². The number of aliphatic hydroxyl groups excluding tert-OH is 1. The van der Waals surface area contributed by atoms with Crippen molar-refractivity contribution in [3.05, 3.63) is 40.1 Å². The van der Waals surface area contributed by atoms with Gasteiger partial charge in [0.15, 0.2) is 0 Å². The molecule has 0 aliphatic carbocycles. The van der Waals surface area contributed by atoms with Gasteiger partial charge in [-0.3, -0.25) is 10.1 Å². The summed E-state index contributed by atoms with van der Waals surface area (Å²) in [7, 11) is 1.80. The van der Waals surface area contributed by atoms with Gasteiger partial charge in [0, 0.05) is 24.9 Å². The number of nitrogens with zero attached hydrogens (tertiary/aromatic N) is 2. The van der Waals surface area contributed by atoms with E-state index in [1.54, 1.807) is 29.9 Å². The van der Waals surface area contributed by atoms with Crippen LogP contribution in [0.25, 0.3) is 10.9 Å². The van der Waals surface area contributed by atoms with Gasteiger partial charge in [-0.05, 0) is 6.07 Å². The molecule has 0 amide bonds. The third-order valence-corrected chi connectivity index (χ3v) is 2.44. The summed E-state index contributed by atoms with van der Waals surface area (Å²) in [5.74, 6) is 0. The molecule has 0 atom stereocenters. The number of nitro groups is 1. The molecule has 1 heterocycles. The molecule has 1 aromatic heterocycles. The lowest BCUT2D eigenvalue weighted by molar-refractivity contribution is -0.383. The van der Waals surface area contributed by atoms with Gasteiger partial charge >= 0.3 is 0 Å². The van der Waals surface area contributed by atoms with Crippen LogP contribution in [-0.4, -0.2) is 14.6 Å². The fraction of sp³-hybridized carbons (Fsp3) is 0.200. The van der Waals surface area contributed by atoms with Gasteiger partial charge in [-0.2, -0.15) is 0 Å². The number of benzene rings is 1. The van der Waals surface area contributed by atoms with Crippen LogP contribution in [0.15, 0.2) is 24.4 Å². The van der Waals surface area contributed by atoms with Crippen molar-refractivity contribution in [2.24, 2.45) is 7.05 Å². The first kappa shape index (κ1) is 9.67. The van der Waals surface area contributed by atoms with E-state index in [0.717, 1.165) is 5.52 Å². The second-order valence-electron chi connectivity index (χ2n) is 3.35. The quantitative estimate of drug-likeness (QED) is 0.599. The summed E-state index contributed by atoms with van der Waals surface area (Å²) in [5.41, 5.74) is 1.38. The van der Waals surface area contributed by atoms with E-state index in [1.807, 2.05) is 0 Å². The maximum Gasteiger partial charge on any atom is 0.279 e. The Balaban J connectivity index is 2.88. The molecule has 5 heteroatoms. The van der Waals surface area contributed by atoms with E-state index in [9.17, 15) is 10.1 Å². The highest BCUT2D eigenvalue weighted by Crippen LogP contribution is 2.29. The molecule has 0 saturated heterocycles. The fourth-order valence-corrected chi connectivity index (χ4v) is 1.79. The van der Waals surface area contributed by atoms with E-state index < -0.39 is 4.92 Å². The van der Waals surface area contributed by atoms with Crippen molar-refractivity contribution >= 4 is 16.6 Å². The molecular formula is C10H10N2O3. The first-order chi connectivity index (χ1) is 7.15. The molecule has 2 rings (SSSR count). The Morgan fingerprint density at radius 1 is 1.53 bits per heavy atom. The van der Waals surface area contributed by atoms with E-state index in [4.69, 9.17) is 5.11 Å². The Labute approximate surface area is 85.7 Å². The van der Waals surface area contributed by atoms with Crippen molar-refractivity contribution in [2.45, 2.75) is 6.61 Å². The van der Waals surface area contributed by atoms with Crippen molar-refractivity contribution in [3.63, 3.8) is 0 Å². The van der Waals surface area contributed by atoms with Crippen molar-refractivity contribution < 1.29 is 10.0 Å². The van der Waals surface area contributed by atoms with Crippen LogP contribution in [0.2, 0.25) is 0 Å². The smallest absolute Gasteiger partial charge is 0.279 e. The minimum absolute atomic E-state index is 0.0390. The highest BCUT2D eigenvalue weighted by Gasteiger charge is 2.17. The highest BCUT2D eigenvalue weighted by atomic mass is 16.6. The van der Waals surface area contributed by atoms with E-state index in [2.05, 4.69) is 0 Å². The Kier molecular flexibility index (Phi) is 2.17. The first-order valence-electron chi connectivity index (χ1n) is 4.47. The molecule has 15 heavy (non-hydrogen) atoms. The number of non-ortho nitro benzene ring substituents is 1. The molecule has 0 aliphatic rings. The number of aliphatic hydroxyl groups is 1. The van der Waals surface area contributed by atoms with Gasteiger partial charge in [0.25, 0.3) is 5.69 Å². The van der Waals surface area contributed by atoms with Crippen molar-refractivity contribution in [3.8, 4) is 0 Å². The maximum atomic E-state index is 10.8. The Hall–Kier alpha value is -1.88. The summed E-state index contributed by atoms with van der Waals surface area (Å²) in [5, 5.41) is 20.4. The van der Waals surface area contributed by atoms with Crippen LogP contribution in [0, 0.1) is 10.1 Å². The van der Waals surface area contributed by atoms with Gasteiger partial charge in [0.1, 0.15) is 0 Å². The Morgan fingerprint density at radius 2 is 2.27 bits per heavy atom. The first-order valence-corrected chi connectivity index (χ1v) is 4.47. The lowest BCUT2D eigenvalue weighted by Gasteiger charge is -1.97. The number of aromatic nitrogens is 1. The molecule has 5 nitrogen and oxygen atoms in total. The molecule has 1 aromatic carbocycles. The number of fused-ring (bicyclic) bond motifs is 1. The van der Waals surface area contributed by atoms with Crippen LogP contribution in [0.1, 0.15) is 5.56 Å². The number of rotatable bonds is 2. The Morgan fingerprint density at radius 3 is 2.87 bits per heavy atom. The van der Waals surface area contributed by atoms with E-state index in [1.165, 1.54) is 6.07 Å². The van der Waals surface area contributed by atoms with Gasteiger partial charge in [-0.25, -0.2) is 0 Å². The van der Waals surface area contributed by atoms with Gasteiger partial charge in [0.05, 0.1) is 22.4 Å². The van der Waals surface area contributed by atoms with Crippen LogP contribution in [0.5, 0.6) is 0 Å². The summed E-state index contributed by atoms with van der Waals surface area (Å²) in [4.78, 5) is 10.4. The number of nitro benzene ring substituents is 1. The fourth-order valence-electron chi connectivity index (χ4n) is 1.79. The molecule has 0 fully saturated rings. The zero-order valence-electron chi connectivity index (χ0n) is 8.17. The van der Waals surface area contributed by atoms with E-state index in [-0.39, 0.29) is 12.3 Å². The van der Waals surface area contributed by atoms with Gasteiger partial charge in [-0.15, -0.1) is 0 Å². The average Bonchev–Trinajstić information content (AvgIpc) is 2.55. The predicted molar refractivity (Wildman–Crippen MR) is 55.5 cm³/mol. The third-order valence-electron chi connectivity index (χ3n) is 2.44. The highest BCUT2D eigenvalue weighted by molar-refractivity contribution is 5.92. The van der Waals surface area contributed by atoms with Crippen LogP contribution < -0.4 is 0 Å². The number of aryl methyl sites for hydroxylation is 1. The Bertz CT molecular complexity index is 531. The van der Waals surface area contributed by atoms with Crippen molar-refractivity contribution in [1.82, 2.24) is 4.57 Å². The zero-order chi connectivity index (χ0) is 11.0. The minimum atomic E-state index is -0.429. The predicted octanol–water partition coefficient (Wildman–Crippen LogP) is 1.58. The van der Waals surface area contributed by atoms with Crippen LogP contribution in [0.3, 0.4) is 0 Å². The van der Waals surface area contributed by atoms with Crippen LogP contribution >= 0.6 is 0 Å². The number of hydrogen-bond acceptors (Lipinski definition) is 3. The summed E-state index contributed by atoms with van der Waals surface area (Å²) < 4.78 is 1.77. The van der Waals surface area contributed by atoms with Crippen molar-refractivity contribution in [1.29, 1.82) is 0 Å². The van der Waals surface area contributed by atoms with Gasteiger partial charge < -0.3 is 9.67 Å². The molecule has 78 valence electrons. The van der Waals surface area contributed by atoms with Gasteiger partial charge in [-0.1, -0.05) is 6.07 Å². The zero-order valence-corrected chi connectivity index (χ0v) is 8.17. The summed E-state index contributed by atoms with van der Waals surface area (Å²) in [6.45, 7) is -0.192. The molecule has 0 unspecified atom stereocenters. The molecule has 0 bridgehead atoms. The topological polar surface area (TPSA) is 68.3 Å². The SMILES string of the molecule is Cn1cc(CO)c2c([N+](=O)[O-])cccc21. The number of hydrogen-bond donors (Lipinski definition) is 1. The molecule has 0 aliphatic heterocycles. The van der Waals surface area contributed by atoms with Crippen LogP contribution in [0.4, 0.5) is 5.69 Å². The summed E-state index contributed by atoms with van der Waals surface area (Å²) >= 11 is 0. The standard InChI is InChI=1S/C10H10N2O3/c1-11-5-7(6-13)10-8(11)3-2-4-9(10)12(14)15/h2-5,13H,6H2,1H3. The summed E-state index contributed by atoms with van der Waals surface area (Å²) in [6, 6.07) is 4.88. The second-order valence-corrected chi connectivity index (χ2v) is 3.35. The van der Waals surface area contributed by atoms with Gasteiger partial charge in [0.2, 0.25) is 0 Å². The molecule has 0 spiro atoms. The lowest BCUT2D eigenvalue weighted by Crippen LogP contribution is -1.90.